The van der Waals surface area contributed by atoms with Crippen molar-refractivity contribution in [3.05, 3.63) is 48.6 Å². The Morgan fingerprint density at radius 1 is 1.25 bits per heavy atom. The molecule has 0 aliphatic carbocycles. The van der Waals surface area contributed by atoms with Crippen LogP contribution in [0.1, 0.15) is 5.56 Å². The zero-order chi connectivity index (χ0) is 8.81. The fraction of sp³-hybridized carbons (Fsp3) is 0.0909. The van der Waals surface area contributed by atoms with Crippen LogP contribution >= 0.6 is 0 Å². The van der Waals surface area contributed by atoms with Crippen molar-refractivity contribution in [3.63, 3.8) is 0 Å². The summed E-state index contributed by atoms with van der Waals surface area (Å²) in [5.41, 5.74) is 1.15. The van der Waals surface area contributed by atoms with Gasteiger partial charge < -0.3 is 4.74 Å². The summed E-state index contributed by atoms with van der Waals surface area (Å²) in [7, 11) is 1.66. The van der Waals surface area contributed by atoms with E-state index in [-0.39, 0.29) is 0 Å². The lowest BCUT2D eigenvalue weighted by molar-refractivity contribution is 0.415. The largest absolute Gasteiger partial charge is 0.497 e. The summed E-state index contributed by atoms with van der Waals surface area (Å²) in [5, 5.41) is 0. The quantitative estimate of drug-likeness (QED) is 0.618. The van der Waals surface area contributed by atoms with Crippen molar-refractivity contribution in [2.45, 2.75) is 0 Å². The molecule has 0 aliphatic rings. The summed E-state index contributed by atoms with van der Waals surface area (Å²) < 4.78 is 5.03. The third-order valence-electron chi connectivity index (χ3n) is 1.54. The molecule has 0 atom stereocenters. The van der Waals surface area contributed by atoms with Gasteiger partial charge in [0.2, 0.25) is 0 Å². The SMILES string of the molecule is C=CC=Cc1ccc(OC)cc1. The van der Waals surface area contributed by atoms with Gasteiger partial charge in [0.15, 0.2) is 0 Å². The molecule has 1 aromatic rings. The zero-order valence-corrected chi connectivity index (χ0v) is 7.16. The summed E-state index contributed by atoms with van der Waals surface area (Å²) in [4.78, 5) is 0. The summed E-state index contributed by atoms with van der Waals surface area (Å²) in [5.74, 6) is 0.880. The molecule has 1 rings (SSSR count). The van der Waals surface area contributed by atoms with Crippen LogP contribution < -0.4 is 4.74 Å². The second-order valence-electron chi connectivity index (χ2n) is 2.37. The van der Waals surface area contributed by atoms with Crippen molar-refractivity contribution in [3.8, 4) is 5.75 Å². The lowest BCUT2D eigenvalue weighted by Crippen LogP contribution is -1.80. The second-order valence-corrected chi connectivity index (χ2v) is 2.37. The number of allylic oxidation sites excluding steroid dienone is 2. The molecule has 0 amide bonds. The third kappa shape index (κ3) is 2.27. The Balaban J connectivity index is 2.77. The van der Waals surface area contributed by atoms with Crippen molar-refractivity contribution in [2.75, 3.05) is 7.11 Å². The van der Waals surface area contributed by atoms with Gasteiger partial charge in [-0.15, -0.1) is 0 Å². The molecule has 0 saturated carbocycles. The Morgan fingerprint density at radius 2 is 1.92 bits per heavy atom. The van der Waals surface area contributed by atoms with E-state index in [1.54, 1.807) is 13.2 Å². The fourth-order valence-electron chi connectivity index (χ4n) is 0.894. The highest BCUT2D eigenvalue weighted by atomic mass is 16.5. The maximum Gasteiger partial charge on any atom is 0.118 e. The molecule has 0 fully saturated rings. The average Bonchev–Trinajstić information content (AvgIpc) is 2.15. The zero-order valence-electron chi connectivity index (χ0n) is 7.16. The molecule has 1 heteroatoms. The van der Waals surface area contributed by atoms with Crippen LogP contribution in [0.3, 0.4) is 0 Å². The molecule has 0 heterocycles. The lowest BCUT2D eigenvalue weighted by atomic mass is 10.2. The molecule has 0 N–H and O–H groups in total. The Bertz CT molecular complexity index is 270. The second kappa shape index (κ2) is 4.39. The molecule has 1 nitrogen and oxygen atoms in total. The fourth-order valence-corrected chi connectivity index (χ4v) is 0.894. The maximum absolute atomic E-state index is 5.03. The Hall–Kier alpha value is -1.50. The molecule has 0 saturated heterocycles. The Morgan fingerprint density at radius 3 is 2.42 bits per heavy atom. The van der Waals surface area contributed by atoms with E-state index in [4.69, 9.17) is 4.74 Å². The smallest absolute Gasteiger partial charge is 0.118 e. The Labute approximate surface area is 73.0 Å². The number of benzene rings is 1. The first kappa shape index (κ1) is 8.60. The van der Waals surface area contributed by atoms with Gasteiger partial charge >= 0.3 is 0 Å². The molecule has 0 bridgehead atoms. The standard InChI is InChI=1S/C11H12O/c1-3-4-5-10-6-8-11(12-2)9-7-10/h3-9H,1H2,2H3. The number of hydrogen-bond acceptors (Lipinski definition) is 1. The topological polar surface area (TPSA) is 9.23 Å². The molecule has 1 aromatic carbocycles. The Kier molecular flexibility index (Phi) is 3.15. The van der Waals surface area contributed by atoms with Gasteiger partial charge in [-0.3, -0.25) is 0 Å². The lowest BCUT2D eigenvalue weighted by Gasteiger charge is -1.98. The van der Waals surface area contributed by atoms with Crippen molar-refractivity contribution in [2.24, 2.45) is 0 Å². The normalized spacial score (nSPS) is 10.1. The van der Waals surface area contributed by atoms with E-state index in [9.17, 15) is 0 Å². The van der Waals surface area contributed by atoms with Crippen LogP contribution in [0.5, 0.6) is 5.75 Å². The van der Waals surface area contributed by atoms with E-state index in [1.165, 1.54) is 0 Å². The average molecular weight is 160 g/mol. The van der Waals surface area contributed by atoms with Crippen LogP contribution in [0, 0.1) is 0 Å². The predicted octanol–water partition coefficient (Wildman–Crippen LogP) is 2.89. The minimum atomic E-state index is 0.880. The molecule has 0 aromatic heterocycles. The summed E-state index contributed by atoms with van der Waals surface area (Å²) >= 11 is 0. The minimum absolute atomic E-state index is 0.880. The van der Waals surface area contributed by atoms with Gasteiger partial charge in [-0.25, -0.2) is 0 Å². The highest BCUT2D eigenvalue weighted by molar-refractivity contribution is 5.51. The summed E-state index contributed by atoms with van der Waals surface area (Å²) in [6.45, 7) is 3.60. The molecular weight excluding hydrogens is 148 g/mol. The van der Waals surface area contributed by atoms with Gasteiger partial charge in [0.25, 0.3) is 0 Å². The van der Waals surface area contributed by atoms with E-state index in [2.05, 4.69) is 6.58 Å². The number of rotatable bonds is 3. The van der Waals surface area contributed by atoms with E-state index < -0.39 is 0 Å². The van der Waals surface area contributed by atoms with Gasteiger partial charge in [-0.05, 0) is 17.7 Å². The number of methoxy groups -OCH3 is 1. The van der Waals surface area contributed by atoms with Gasteiger partial charge in [0.05, 0.1) is 7.11 Å². The molecule has 0 spiro atoms. The highest BCUT2D eigenvalue weighted by Crippen LogP contribution is 2.11. The molecule has 0 aliphatic heterocycles. The van der Waals surface area contributed by atoms with Crippen LogP contribution in [0.25, 0.3) is 6.08 Å². The predicted molar refractivity (Wildman–Crippen MR) is 52.2 cm³/mol. The molecule has 0 radical (unpaired) electrons. The summed E-state index contributed by atoms with van der Waals surface area (Å²) in [6.07, 6.45) is 5.65. The molecule has 0 unspecified atom stereocenters. The van der Waals surface area contributed by atoms with Gasteiger partial charge in [0.1, 0.15) is 5.75 Å². The molecular formula is C11H12O. The minimum Gasteiger partial charge on any atom is -0.497 e. The molecule has 12 heavy (non-hydrogen) atoms. The van der Waals surface area contributed by atoms with Crippen molar-refractivity contribution in [1.29, 1.82) is 0 Å². The van der Waals surface area contributed by atoms with Crippen molar-refractivity contribution >= 4 is 6.08 Å². The van der Waals surface area contributed by atoms with Gasteiger partial charge in [-0.2, -0.15) is 0 Å². The van der Waals surface area contributed by atoms with Crippen LogP contribution in [0.15, 0.2) is 43.0 Å². The van der Waals surface area contributed by atoms with E-state index in [1.807, 2.05) is 36.4 Å². The molecule has 62 valence electrons. The van der Waals surface area contributed by atoms with Crippen LogP contribution in [-0.2, 0) is 0 Å². The van der Waals surface area contributed by atoms with Crippen molar-refractivity contribution < 1.29 is 4.74 Å². The number of ether oxygens (including phenoxy) is 1. The maximum atomic E-state index is 5.03. The van der Waals surface area contributed by atoms with Gasteiger partial charge in [0, 0.05) is 0 Å². The van der Waals surface area contributed by atoms with E-state index in [0.717, 1.165) is 11.3 Å². The highest BCUT2D eigenvalue weighted by Gasteiger charge is 1.88. The summed E-state index contributed by atoms with van der Waals surface area (Å²) in [6, 6.07) is 7.86. The first-order valence-corrected chi connectivity index (χ1v) is 3.80. The first-order valence-electron chi connectivity index (χ1n) is 3.80. The number of hydrogen-bond donors (Lipinski definition) is 0. The monoisotopic (exact) mass is 160 g/mol. The van der Waals surface area contributed by atoms with E-state index >= 15 is 0 Å². The first-order chi connectivity index (χ1) is 5.86. The van der Waals surface area contributed by atoms with E-state index in [0.29, 0.717) is 0 Å². The van der Waals surface area contributed by atoms with Crippen LogP contribution in [0.4, 0.5) is 0 Å². The third-order valence-corrected chi connectivity index (χ3v) is 1.54. The van der Waals surface area contributed by atoms with Crippen LogP contribution in [-0.4, -0.2) is 7.11 Å². The van der Waals surface area contributed by atoms with Gasteiger partial charge in [-0.1, -0.05) is 36.9 Å². The van der Waals surface area contributed by atoms with Crippen LogP contribution in [0.2, 0.25) is 0 Å². The van der Waals surface area contributed by atoms with Crippen molar-refractivity contribution in [1.82, 2.24) is 0 Å².